The van der Waals surface area contributed by atoms with Gasteiger partial charge in [-0.05, 0) is 12.1 Å². The molecular formula is C14H12N2O5. The van der Waals surface area contributed by atoms with E-state index < -0.39 is 23.6 Å². The third kappa shape index (κ3) is 2.22. The molecule has 1 fully saturated rings. The predicted octanol–water partition coefficient (Wildman–Crippen LogP) is 0.890. The fraction of sp³-hybridized carbons (Fsp3) is 0.214. The molecule has 1 aromatic rings. The summed E-state index contributed by atoms with van der Waals surface area (Å²) in [5.74, 6) is -3.48. The van der Waals surface area contributed by atoms with Gasteiger partial charge in [0.15, 0.2) is 5.57 Å². The van der Waals surface area contributed by atoms with Crippen molar-refractivity contribution in [3.8, 4) is 0 Å². The number of carbonyl (C=O) groups excluding carboxylic acids is 3. The van der Waals surface area contributed by atoms with Crippen LogP contribution < -0.4 is 10.6 Å². The summed E-state index contributed by atoms with van der Waals surface area (Å²) in [6.07, 6.45) is 0. The zero-order chi connectivity index (χ0) is 15.2. The Hall–Kier alpha value is -2.83. The molecule has 3 rings (SSSR count). The van der Waals surface area contributed by atoms with Crippen molar-refractivity contribution in [3.05, 3.63) is 41.2 Å². The van der Waals surface area contributed by atoms with E-state index in [1.165, 1.54) is 13.8 Å². The van der Waals surface area contributed by atoms with Crippen LogP contribution in [0.1, 0.15) is 24.2 Å². The van der Waals surface area contributed by atoms with E-state index in [1.54, 1.807) is 24.3 Å². The lowest BCUT2D eigenvalue weighted by molar-refractivity contribution is -0.222. The van der Waals surface area contributed by atoms with E-state index in [-0.39, 0.29) is 11.4 Å². The number of fused-ring (bicyclic) bond motifs is 1. The Morgan fingerprint density at radius 2 is 1.57 bits per heavy atom. The van der Waals surface area contributed by atoms with E-state index in [2.05, 4.69) is 10.6 Å². The average Bonchev–Trinajstić information content (AvgIpc) is 2.36. The van der Waals surface area contributed by atoms with E-state index in [9.17, 15) is 14.4 Å². The van der Waals surface area contributed by atoms with E-state index in [1.807, 2.05) is 0 Å². The second-order valence-electron chi connectivity index (χ2n) is 5.05. The summed E-state index contributed by atoms with van der Waals surface area (Å²) in [6.45, 7) is 2.90. The number of amides is 1. The first-order valence-corrected chi connectivity index (χ1v) is 6.26. The van der Waals surface area contributed by atoms with Crippen molar-refractivity contribution >= 4 is 23.5 Å². The number of nitrogens with one attached hydrogen (secondary N) is 2. The quantitative estimate of drug-likeness (QED) is 0.418. The van der Waals surface area contributed by atoms with Gasteiger partial charge in [0.2, 0.25) is 0 Å². The van der Waals surface area contributed by atoms with Crippen molar-refractivity contribution in [2.24, 2.45) is 0 Å². The van der Waals surface area contributed by atoms with Crippen LogP contribution in [0, 0.1) is 0 Å². The molecule has 0 aliphatic carbocycles. The maximum absolute atomic E-state index is 12.0. The minimum Gasteiger partial charge on any atom is -0.419 e. The molecule has 0 saturated carbocycles. The molecule has 0 atom stereocenters. The van der Waals surface area contributed by atoms with Crippen LogP contribution in [0.15, 0.2) is 35.7 Å². The monoisotopic (exact) mass is 288 g/mol. The molecule has 0 aromatic heterocycles. The molecule has 21 heavy (non-hydrogen) atoms. The maximum Gasteiger partial charge on any atom is 0.352 e. The summed E-state index contributed by atoms with van der Waals surface area (Å²) in [5, 5.41) is 5.29. The molecule has 2 aliphatic heterocycles. The van der Waals surface area contributed by atoms with Crippen LogP contribution in [0.2, 0.25) is 0 Å². The van der Waals surface area contributed by atoms with Crippen molar-refractivity contribution < 1.29 is 23.9 Å². The van der Waals surface area contributed by atoms with Crippen LogP contribution in [0.3, 0.4) is 0 Å². The molecule has 7 nitrogen and oxygen atoms in total. The summed E-state index contributed by atoms with van der Waals surface area (Å²) in [7, 11) is 0. The molecule has 0 radical (unpaired) electrons. The Kier molecular flexibility index (Phi) is 2.72. The van der Waals surface area contributed by atoms with Gasteiger partial charge < -0.3 is 20.1 Å². The van der Waals surface area contributed by atoms with Crippen LogP contribution in [0.5, 0.6) is 0 Å². The Bertz CT molecular complexity index is 683. The molecule has 1 saturated heterocycles. The van der Waals surface area contributed by atoms with E-state index in [4.69, 9.17) is 9.47 Å². The molecule has 108 valence electrons. The van der Waals surface area contributed by atoms with E-state index >= 15 is 0 Å². The molecule has 7 heteroatoms. The van der Waals surface area contributed by atoms with Crippen LogP contribution >= 0.6 is 0 Å². The number of anilines is 1. The smallest absolute Gasteiger partial charge is 0.352 e. The molecule has 1 amide bonds. The number of esters is 2. The SMILES string of the molecule is CC1(C)OC(=O)C(=C2NC(=O)c3ccccc3N2)C(=O)O1. The fourth-order valence-corrected chi connectivity index (χ4v) is 2.12. The van der Waals surface area contributed by atoms with Crippen LogP contribution in [0.25, 0.3) is 0 Å². The predicted molar refractivity (Wildman–Crippen MR) is 70.8 cm³/mol. The van der Waals surface area contributed by atoms with Gasteiger partial charge in [0, 0.05) is 13.8 Å². The van der Waals surface area contributed by atoms with Gasteiger partial charge in [-0.1, -0.05) is 12.1 Å². The molecule has 2 aliphatic rings. The highest BCUT2D eigenvalue weighted by molar-refractivity contribution is 6.17. The lowest BCUT2D eigenvalue weighted by Crippen LogP contribution is -2.45. The van der Waals surface area contributed by atoms with Gasteiger partial charge in [-0.2, -0.15) is 0 Å². The van der Waals surface area contributed by atoms with Gasteiger partial charge in [-0.25, -0.2) is 9.59 Å². The van der Waals surface area contributed by atoms with E-state index in [0.717, 1.165) is 0 Å². The minimum atomic E-state index is -1.32. The lowest BCUT2D eigenvalue weighted by Gasteiger charge is -2.31. The van der Waals surface area contributed by atoms with Crippen molar-refractivity contribution in [1.82, 2.24) is 5.32 Å². The largest absolute Gasteiger partial charge is 0.419 e. The molecule has 1 aromatic carbocycles. The Morgan fingerprint density at radius 1 is 0.952 bits per heavy atom. The molecule has 0 unspecified atom stereocenters. The third-order valence-corrected chi connectivity index (χ3v) is 3.01. The molecular weight excluding hydrogens is 276 g/mol. The number of carbonyl (C=O) groups is 3. The van der Waals surface area contributed by atoms with Crippen molar-refractivity contribution in [2.45, 2.75) is 19.6 Å². The van der Waals surface area contributed by atoms with Gasteiger partial charge in [0.1, 0.15) is 5.82 Å². The Morgan fingerprint density at radius 3 is 2.24 bits per heavy atom. The Balaban J connectivity index is 2.03. The first-order valence-electron chi connectivity index (χ1n) is 6.26. The molecule has 2 N–H and O–H groups in total. The standard InChI is InChI=1S/C14H12N2O5/c1-14(2)20-12(18)9(13(19)21-14)10-15-8-6-4-3-5-7(8)11(17)16-10/h3-6,15H,1-2H3,(H,16,17). The maximum atomic E-state index is 12.0. The van der Waals surface area contributed by atoms with Crippen LogP contribution in [0.4, 0.5) is 5.69 Å². The van der Waals surface area contributed by atoms with E-state index in [0.29, 0.717) is 11.3 Å². The van der Waals surface area contributed by atoms with Crippen molar-refractivity contribution in [1.29, 1.82) is 0 Å². The highest BCUT2D eigenvalue weighted by atomic mass is 16.7. The second-order valence-corrected chi connectivity index (χ2v) is 5.05. The molecule has 0 spiro atoms. The van der Waals surface area contributed by atoms with Gasteiger partial charge in [0.05, 0.1) is 11.3 Å². The number of hydrogen-bond donors (Lipinski definition) is 2. The normalized spacial score (nSPS) is 20.0. The minimum absolute atomic E-state index is 0.0378. The number of para-hydroxylation sites is 1. The van der Waals surface area contributed by atoms with Crippen molar-refractivity contribution in [2.75, 3.05) is 5.32 Å². The molecule has 0 bridgehead atoms. The van der Waals surface area contributed by atoms with Gasteiger partial charge in [0.25, 0.3) is 11.7 Å². The third-order valence-electron chi connectivity index (χ3n) is 3.01. The average molecular weight is 288 g/mol. The number of ether oxygens (including phenoxy) is 2. The zero-order valence-electron chi connectivity index (χ0n) is 11.4. The summed E-state index contributed by atoms with van der Waals surface area (Å²) >= 11 is 0. The number of cyclic esters (lactones) is 2. The lowest BCUT2D eigenvalue weighted by atomic mass is 10.1. The van der Waals surface area contributed by atoms with Crippen molar-refractivity contribution in [3.63, 3.8) is 0 Å². The molecule has 2 heterocycles. The zero-order valence-corrected chi connectivity index (χ0v) is 11.4. The van der Waals surface area contributed by atoms with Gasteiger partial charge in [-0.15, -0.1) is 0 Å². The van der Waals surface area contributed by atoms with Crippen LogP contribution in [-0.4, -0.2) is 23.6 Å². The highest BCUT2D eigenvalue weighted by Crippen LogP contribution is 2.27. The van der Waals surface area contributed by atoms with Gasteiger partial charge in [-0.3, -0.25) is 4.79 Å². The topological polar surface area (TPSA) is 93.7 Å². The fourth-order valence-electron chi connectivity index (χ4n) is 2.12. The van der Waals surface area contributed by atoms with Crippen LogP contribution in [-0.2, 0) is 19.1 Å². The highest BCUT2D eigenvalue weighted by Gasteiger charge is 2.42. The number of rotatable bonds is 0. The number of hydrogen-bond acceptors (Lipinski definition) is 6. The van der Waals surface area contributed by atoms with Gasteiger partial charge >= 0.3 is 11.9 Å². The summed E-state index contributed by atoms with van der Waals surface area (Å²) in [6, 6.07) is 6.73. The summed E-state index contributed by atoms with van der Waals surface area (Å²) in [4.78, 5) is 35.9. The summed E-state index contributed by atoms with van der Waals surface area (Å²) < 4.78 is 10.0. The first kappa shape index (κ1) is 13.2. The Labute approximate surface area is 119 Å². The summed E-state index contributed by atoms with van der Waals surface area (Å²) in [5.41, 5.74) is 0.547. The number of benzene rings is 1. The second kappa shape index (κ2) is 4.34. The first-order chi connectivity index (χ1) is 9.87.